The maximum Gasteiger partial charge on any atom is 0.341 e. The lowest BCUT2D eigenvalue weighted by atomic mass is 10.1. The van der Waals surface area contributed by atoms with Crippen LogP contribution in [-0.4, -0.2) is 32.8 Å². The number of hydrogen-bond donors (Lipinski definition) is 1. The van der Waals surface area contributed by atoms with Crippen molar-refractivity contribution in [2.75, 3.05) is 7.11 Å². The van der Waals surface area contributed by atoms with Gasteiger partial charge in [-0.2, -0.15) is 5.10 Å². The van der Waals surface area contributed by atoms with E-state index in [1.807, 2.05) is 6.07 Å². The van der Waals surface area contributed by atoms with Gasteiger partial charge in [0.1, 0.15) is 11.3 Å². The van der Waals surface area contributed by atoms with Crippen LogP contribution >= 0.6 is 0 Å². The second-order valence-electron chi connectivity index (χ2n) is 4.56. The van der Waals surface area contributed by atoms with Crippen LogP contribution in [0.2, 0.25) is 0 Å². The number of phenols is 1. The summed E-state index contributed by atoms with van der Waals surface area (Å²) in [5.74, 6) is 0.320. The molecule has 1 aromatic carbocycles. The van der Waals surface area contributed by atoms with Crippen molar-refractivity contribution >= 4 is 11.6 Å². The van der Waals surface area contributed by atoms with Gasteiger partial charge >= 0.3 is 5.97 Å². The predicted molar refractivity (Wildman–Crippen MR) is 75.2 cm³/mol. The fourth-order valence-corrected chi connectivity index (χ4v) is 2.14. The Bertz CT molecular complexity index is 811. The Morgan fingerprint density at radius 3 is 2.95 bits per heavy atom. The summed E-state index contributed by atoms with van der Waals surface area (Å²) in [6.07, 6.45) is 2.19. The van der Waals surface area contributed by atoms with Crippen LogP contribution in [0, 0.1) is 0 Å². The smallest absolute Gasteiger partial charge is 0.341 e. The van der Waals surface area contributed by atoms with Crippen LogP contribution < -0.4 is 0 Å². The van der Waals surface area contributed by atoms with Crippen LogP contribution in [-0.2, 0) is 11.2 Å². The highest BCUT2D eigenvalue weighted by Gasteiger charge is 2.14. The van der Waals surface area contributed by atoms with E-state index in [1.165, 1.54) is 7.11 Å². The predicted octanol–water partition coefficient (Wildman–Crippen LogP) is 1.81. The van der Waals surface area contributed by atoms with Crippen molar-refractivity contribution in [1.29, 1.82) is 0 Å². The Kier molecular flexibility index (Phi) is 3.27. The number of carbonyl (C=O) groups is 1. The van der Waals surface area contributed by atoms with E-state index in [-0.39, 0.29) is 5.75 Å². The maximum atomic E-state index is 11.7. The third kappa shape index (κ3) is 2.55. The molecule has 2 heterocycles. The van der Waals surface area contributed by atoms with Gasteiger partial charge in [0.25, 0.3) is 0 Å². The molecule has 3 aromatic rings. The summed E-state index contributed by atoms with van der Waals surface area (Å²) < 4.78 is 6.28. The third-order valence-electron chi connectivity index (χ3n) is 3.08. The van der Waals surface area contributed by atoms with Gasteiger partial charge in [0, 0.05) is 12.6 Å². The molecule has 0 bridgehead atoms. The number of esters is 1. The Hall–Kier alpha value is -2.89. The Morgan fingerprint density at radius 1 is 1.33 bits per heavy atom. The molecule has 0 aliphatic rings. The zero-order valence-corrected chi connectivity index (χ0v) is 11.4. The summed E-state index contributed by atoms with van der Waals surface area (Å²) in [4.78, 5) is 16.1. The van der Waals surface area contributed by atoms with Crippen LogP contribution in [0.4, 0.5) is 0 Å². The third-order valence-corrected chi connectivity index (χ3v) is 3.08. The fraction of sp³-hybridized carbons (Fsp3) is 0.133. The van der Waals surface area contributed by atoms with Crippen LogP contribution in [0.5, 0.6) is 5.75 Å². The zero-order valence-electron chi connectivity index (χ0n) is 11.4. The van der Waals surface area contributed by atoms with Crippen molar-refractivity contribution < 1.29 is 14.6 Å². The molecule has 0 atom stereocenters. The minimum absolute atomic E-state index is 0.200. The first kappa shape index (κ1) is 13.1. The van der Waals surface area contributed by atoms with Gasteiger partial charge in [-0.1, -0.05) is 12.1 Å². The number of rotatable bonds is 3. The first-order valence-electron chi connectivity index (χ1n) is 6.38. The average molecular weight is 283 g/mol. The fourth-order valence-electron chi connectivity index (χ4n) is 2.14. The first-order chi connectivity index (χ1) is 10.2. The average Bonchev–Trinajstić information content (AvgIpc) is 2.88. The Labute approximate surface area is 120 Å². The molecule has 21 heavy (non-hydrogen) atoms. The number of carbonyl (C=O) groups excluding carboxylic acids is 1. The summed E-state index contributed by atoms with van der Waals surface area (Å²) in [5, 5.41) is 13.8. The SMILES string of the molecule is COC(=O)c1cccn2nc(Cc3cccc(O)c3)nc12. The van der Waals surface area contributed by atoms with Gasteiger partial charge in [0.2, 0.25) is 0 Å². The molecule has 0 saturated carbocycles. The molecule has 0 aliphatic heterocycles. The molecule has 3 rings (SSSR count). The number of nitrogens with zero attached hydrogens (tertiary/aromatic N) is 3. The molecule has 2 aromatic heterocycles. The molecule has 0 unspecified atom stereocenters. The lowest BCUT2D eigenvalue weighted by Gasteiger charge is -1.99. The summed E-state index contributed by atoms with van der Waals surface area (Å²) in [5.41, 5.74) is 1.72. The van der Waals surface area contributed by atoms with E-state index < -0.39 is 5.97 Å². The van der Waals surface area contributed by atoms with Crippen LogP contribution in [0.3, 0.4) is 0 Å². The van der Waals surface area contributed by atoms with E-state index in [9.17, 15) is 9.90 Å². The highest BCUT2D eigenvalue weighted by molar-refractivity contribution is 5.95. The van der Waals surface area contributed by atoms with E-state index in [0.29, 0.717) is 23.5 Å². The molecule has 0 aliphatic carbocycles. The number of hydrogen-bond acceptors (Lipinski definition) is 5. The van der Waals surface area contributed by atoms with Crippen molar-refractivity contribution in [3.63, 3.8) is 0 Å². The maximum absolute atomic E-state index is 11.7. The van der Waals surface area contributed by atoms with Gasteiger partial charge in [-0.25, -0.2) is 14.3 Å². The Balaban J connectivity index is 1.99. The number of pyridine rings is 1. The molecular formula is C15H13N3O3. The molecule has 0 radical (unpaired) electrons. The number of ether oxygens (including phenoxy) is 1. The molecule has 6 heteroatoms. The second kappa shape index (κ2) is 5.24. The normalized spacial score (nSPS) is 10.7. The number of benzene rings is 1. The lowest BCUT2D eigenvalue weighted by Crippen LogP contribution is -2.04. The van der Waals surface area contributed by atoms with Gasteiger partial charge in [-0.05, 0) is 29.8 Å². The zero-order chi connectivity index (χ0) is 14.8. The molecule has 106 valence electrons. The number of phenolic OH excluding ortho intramolecular Hbond substituents is 1. The van der Waals surface area contributed by atoms with Crippen molar-refractivity contribution in [3.8, 4) is 5.75 Å². The molecule has 0 spiro atoms. The van der Waals surface area contributed by atoms with Crippen molar-refractivity contribution in [3.05, 3.63) is 59.5 Å². The molecular weight excluding hydrogens is 270 g/mol. The number of fused-ring (bicyclic) bond motifs is 1. The van der Waals surface area contributed by atoms with Gasteiger partial charge < -0.3 is 9.84 Å². The number of aromatic hydroxyl groups is 1. The number of aromatic nitrogens is 3. The van der Waals surface area contributed by atoms with Gasteiger partial charge in [-0.15, -0.1) is 0 Å². The topological polar surface area (TPSA) is 76.7 Å². The highest BCUT2D eigenvalue weighted by Crippen LogP contribution is 2.15. The first-order valence-corrected chi connectivity index (χ1v) is 6.38. The van der Waals surface area contributed by atoms with Gasteiger partial charge in [0.15, 0.2) is 11.5 Å². The summed E-state index contributed by atoms with van der Waals surface area (Å²) in [6.45, 7) is 0. The molecule has 1 N–H and O–H groups in total. The van der Waals surface area contributed by atoms with E-state index in [1.54, 1.807) is 41.0 Å². The lowest BCUT2D eigenvalue weighted by molar-refractivity contribution is 0.0602. The van der Waals surface area contributed by atoms with E-state index >= 15 is 0 Å². The van der Waals surface area contributed by atoms with Crippen molar-refractivity contribution in [2.24, 2.45) is 0 Å². The largest absolute Gasteiger partial charge is 0.508 e. The summed E-state index contributed by atoms with van der Waals surface area (Å²) in [6, 6.07) is 10.3. The van der Waals surface area contributed by atoms with Gasteiger partial charge in [-0.3, -0.25) is 0 Å². The standard InChI is InChI=1S/C15H13N3O3/c1-21-15(20)12-6-3-7-18-14(12)16-13(17-18)9-10-4-2-5-11(19)8-10/h2-8,19H,9H2,1H3. The Morgan fingerprint density at radius 2 is 2.19 bits per heavy atom. The van der Waals surface area contributed by atoms with Crippen molar-refractivity contribution in [2.45, 2.75) is 6.42 Å². The van der Waals surface area contributed by atoms with Crippen molar-refractivity contribution in [1.82, 2.24) is 14.6 Å². The van der Waals surface area contributed by atoms with Crippen LogP contribution in [0.15, 0.2) is 42.6 Å². The number of methoxy groups -OCH3 is 1. The second-order valence-corrected chi connectivity index (χ2v) is 4.56. The summed E-state index contributed by atoms with van der Waals surface area (Å²) >= 11 is 0. The van der Waals surface area contributed by atoms with E-state index in [0.717, 1.165) is 5.56 Å². The van der Waals surface area contributed by atoms with E-state index in [2.05, 4.69) is 10.1 Å². The molecule has 0 saturated heterocycles. The van der Waals surface area contributed by atoms with Crippen LogP contribution in [0.25, 0.3) is 5.65 Å². The monoisotopic (exact) mass is 283 g/mol. The molecule has 0 amide bonds. The molecule has 6 nitrogen and oxygen atoms in total. The highest BCUT2D eigenvalue weighted by atomic mass is 16.5. The minimum Gasteiger partial charge on any atom is -0.508 e. The van der Waals surface area contributed by atoms with Gasteiger partial charge in [0.05, 0.1) is 7.11 Å². The molecule has 0 fully saturated rings. The summed E-state index contributed by atoms with van der Waals surface area (Å²) in [7, 11) is 1.33. The quantitative estimate of drug-likeness (QED) is 0.742. The minimum atomic E-state index is -0.447. The van der Waals surface area contributed by atoms with E-state index in [4.69, 9.17) is 4.74 Å². The van der Waals surface area contributed by atoms with Crippen LogP contribution in [0.1, 0.15) is 21.7 Å².